The van der Waals surface area contributed by atoms with Gasteiger partial charge in [-0.05, 0) is 11.1 Å². The SMILES string of the molecule is O=C[C@@H]([C@@H]1CO1)N(Cc1ccccc1)Cc1ccccc1. The molecule has 108 valence electrons. The van der Waals surface area contributed by atoms with Crippen molar-refractivity contribution in [3.63, 3.8) is 0 Å². The summed E-state index contributed by atoms with van der Waals surface area (Å²) < 4.78 is 5.34. The van der Waals surface area contributed by atoms with Crippen LogP contribution >= 0.6 is 0 Å². The highest BCUT2D eigenvalue weighted by atomic mass is 16.6. The highest BCUT2D eigenvalue weighted by Gasteiger charge is 2.36. The quantitative estimate of drug-likeness (QED) is 0.578. The molecule has 3 heteroatoms. The third-order valence-corrected chi connectivity index (χ3v) is 3.76. The number of hydrogen-bond acceptors (Lipinski definition) is 3. The van der Waals surface area contributed by atoms with Crippen LogP contribution in [0.1, 0.15) is 11.1 Å². The van der Waals surface area contributed by atoms with E-state index in [1.807, 2.05) is 36.4 Å². The molecule has 0 unspecified atom stereocenters. The lowest BCUT2D eigenvalue weighted by Crippen LogP contribution is -2.39. The zero-order valence-corrected chi connectivity index (χ0v) is 11.9. The van der Waals surface area contributed by atoms with Gasteiger partial charge in [0, 0.05) is 13.1 Å². The first-order valence-corrected chi connectivity index (χ1v) is 7.25. The Kier molecular flexibility index (Phi) is 4.43. The molecule has 0 spiro atoms. The monoisotopic (exact) mass is 281 g/mol. The van der Waals surface area contributed by atoms with Crippen molar-refractivity contribution in [1.82, 2.24) is 4.90 Å². The Bertz CT molecular complexity index is 525. The Labute approximate surface area is 125 Å². The number of rotatable bonds is 7. The Hall–Kier alpha value is -1.97. The maximum Gasteiger partial charge on any atom is 0.139 e. The number of aldehydes is 1. The Morgan fingerprint density at radius 1 is 1.00 bits per heavy atom. The van der Waals surface area contributed by atoms with Crippen molar-refractivity contribution < 1.29 is 9.53 Å². The fourth-order valence-electron chi connectivity index (χ4n) is 2.56. The predicted octanol–water partition coefficient (Wildman–Crippen LogP) is 2.66. The summed E-state index contributed by atoms with van der Waals surface area (Å²) in [6, 6.07) is 20.3. The highest BCUT2D eigenvalue weighted by Crippen LogP contribution is 2.22. The lowest BCUT2D eigenvalue weighted by Gasteiger charge is -2.27. The molecule has 0 N–H and O–H groups in total. The topological polar surface area (TPSA) is 32.8 Å². The van der Waals surface area contributed by atoms with E-state index in [9.17, 15) is 4.79 Å². The van der Waals surface area contributed by atoms with Gasteiger partial charge in [-0.15, -0.1) is 0 Å². The first-order valence-electron chi connectivity index (χ1n) is 7.25. The summed E-state index contributed by atoms with van der Waals surface area (Å²) in [5, 5.41) is 0. The Morgan fingerprint density at radius 3 is 1.86 bits per heavy atom. The van der Waals surface area contributed by atoms with Crippen LogP contribution in [0.3, 0.4) is 0 Å². The molecule has 0 aliphatic carbocycles. The van der Waals surface area contributed by atoms with E-state index in [1.165, 1.54) is 11.1 Å². The Balaban J connectivity index is 1.78. The van der Waals surface area contributed by atoms with Gasteiger partial charge in [-0.1, -0.05) is 60.7 Å². The number of hydrogen-bond donors (Lipinski definition) is 0. The average Bonchev–Trinajstić information content (AvgIpc) is 3.35. The van der Waals surface area contributed by atoms with Gasteiger partial charge < -0.3 is 9.53 Å². The molecule has 1 heterocycles. The molecule has 0 radical (unpaired) electrons. The fourth-order valence-corrected chi connectivity index (χ4v) is 2.56. The minimum Gasteiger partial charge on any atom is -0.371 e. The van der Waals surface area contributed by atoms with Gasteiger partial charge in [0.15, 0.2) is 0 Å². The van der Waals surface area contributed by atoms with Crippen LogP contribution in [-0.2, 0) is 22.6 Å². The van der Waals surface area contributed by atoms with Gasteiger partial charge >= 0.3 is 0 Å². The molecule has 21 heavy (non-hydrogen) atoms. The molecule has 1 aliphatic rings. The van der Waals surface area contributed by atoms with E-state index in [2.05, 4.69) is 29.2 Å². The molecule has 2 aromatic rings. The summed E-state index contributed by atoms with van der Waals surface area (Å²) in [6.07, 6.45) is 1.07. The van der Waals surface area contributed by atoms with Crippen LogP contribution in [0.5, 0.6) is 0 Å². The number of ether oxygens (including phenoxy) is 1. The summed E-state index contributed by atoms with van der Waals surface area (Å²) in [4.78, 5) is 13.7. The van der Waals surface area contributed by atoms with Crippen molar-refractivity contribution in [2.24, 2.45) is 0 Å². The van der Waals surface area contributed by atoms with Gasteiger partial charge in [-0.25, -0.2) is 0 Å². The number of carbonyl (C=O) groups is 1. The summed E-state index contributed by atoms with van der Waals surface area (Å²) in [5.41, 5.74) is 2.42. The molecule has 0 bridgehead atoms. The van der Waals surface area contributed by atoms with Gasteiger partial charge in [0.2, 0.25) is 0 Å². The van der Waals surface area contributed by atoms with Crippen LogP contribution in [-0.4, -0.2) is 29.9 Å². The Morgan fingerprint density at radius 2 is 1.48 bits per heavy atom. The molecular weight excluding hydrogens is 262 g/mol. The lowest BCUT2D eigenvalue weighted by atomic mass is 10.1. The first kappa shape index (κ1) is 14.0. The van der Waals surface area contributed by atoms with Crippen LogP contribution < -0.4 is 0 Å². The van der Waals surface area contributed by atoms with E-state index < -0.39 is 0 Å². The van der Waals surface area contributed by atoms with Gasteiger partial charge in [-0.3, -0.25) is 4.90 Å². The van der Waals surface area contributed by atoms with Crippen LogP contribution in [0.2, 0.25) is 0 Å². The molecular formula is C18H19NO2. The smallest absolute Gasteiger partial charge is 0.139 e. The predicted molar refractivity (Wildman–Crippen MR) is 81.7 cm³/mol. The molecule has 3 rings (SSSR count). The maximum absolute atomic E-state index is 11.5. The van der Waals surface area contributed by atoms with Gasteiger partial charge in [0.05, 0.1) is 12.6 Å². The van der Waals surface area contributed by atoms with Crippen LogP contribution in [0.25, 0.3) is 0 Å². The molecule has 1 saturated heterocycles. The minimum atomic E-state index is -0.176. The minimum absolute atomic E-state index is 0.0509. The molecule has 0 aromatic heterocycles. The fraction of sp³-hybridized carbons (Fsp3) is 0.278. The van der Waals surface area contributed by atoms with E-state index in [-0.39, 0.29) is 12.1 Å². The third-order valence-electron chi connectivity index (χ3n) is 3.76. The molecule has 0 amide bonds. The van der Waals surface area contributed by atoms with E-state index >= 15 is 0 Å². The van der Waals surface area contributed by atoms with Crippen molar-refractivity contribution in [3.8, 4) is 0 Å². The first-order chi connectivity index (χ1) is 10.4. The second-order valence-corrected chi connectivity index (χ2v) is 5.37. The van der Waals surface area contributed by atoms with E-state index in [0.717, 1.165) is 19.4 Å². The summed E-state index contributed by atoms with van der Waals surface area (Å²) >= 11 is 0. The molecule has 0 saturated carbocycles. The molecule has 2 aromatic carbocycles. The summed E-state index contributed by atoms with van der Waals surface area (Å²) in [6.45, 7) is 2.18. The van der Waals surface area contributed by atoms with Gasteiger partial charge in [-0.2, -0.15) is 0 Å². The number of nitrogens with zero attached hydrogens (tertiary/aromatic N) is 1. The van der Waals surface area contributed by atoms with Gasteiger partial charge in [0.1, 0.15) is 12.4 Å². The highest BCUT2D eigenvalue weighted by molar-refractivity contribution is 5.59. The third kappa shape index (κ3) is 3.78. The second kappa shape index (κ2) is 6.66. The van der Waals surface area contributed by atoms with Crippen molar-refractivity contribution in [2.45, 2.75) is 25.2 Å². The van der Waals surface area contributed by atoms with Gasteiger partial charge in [0.25, 0.3) is 0 Å². The number of carbonyl (C=O) groups excluding carboxylic acids is 1. The largest absolute Gasteiger partial charge is 0.371 e. The van der Waals surface area contributed by atoms with Crippen LogP contribution in [0.15, 0.2) is 60.7 Å². The van der Waals surface area contributed by atoms with E-state index in [1.54, 1.807) is 0 Å². The number of epoxide rings is 1. The van der Waals surface area contributed by atoms with E-state index in [4.69, 9.17) is 4.74 Å². The lowest BCUT2D eigenvalue weighted by molar-refractivity contribution is -0.113. The van der Waals surface area contributed by atoms with E-state index in [0.29, 0.717) is 6.61 Å². The molecule has 1 fully saturated rings. The average molecular weight is 281 g/mol. The van der Waals surface area contributed by atoms with Crippen molar-refractivity contribution in [3.05, 3.63) is 71.8 Å². The molecule has 3 nitrogen and oxygen atoms in total. The zero-order chi connectivity index (χ0) is 14.5. The van der Waals surface area contributed by atoms with Crippen molar-refractivity contribution >= 4 is 6.29 Å². The standard InChI is InChI=1S/C18H19NO2/c20-13-17(18-14-21-18)19(11-15-7-3-1-4-8-15)12-16-9-5-2-6-10-16/h1-10,13,17-18H,11-12,14H2/t17-,18-/m0/s1. The normalized spacial score (nSPS) is 18.4. The van der Waals surface area contributed by atoms with Crippen LogP contribution in [0.4, 0.5) is 0 Å². The van der Waals surface area contributed by atoms with Crippen molar-refractivity contribution in [1.29, 1.82) is 0 Å². The van der Waals surface area contributed by atoms with Crippen LogP contribution in [0, 0.1) is 0 Å². The number of benzene rings is 2. The second-order valence-electron chi connectivity index (χ2n) is 5.37. The summed E-state index contributed by atoms with van der Waals surface area (Å²) in [7, 11) is 0. The zero-order valence-electron chi connectivity index (χ0n) is 11.9. The molecule has 2 atom stereocenters. The maximum atomic E-state index is 11.5. The molecule has 1 aliphatic heterocycles. The van der Waals surface area contributed by atoms with Crippen molar-refractivity contribution in [2.75, 3.05) is 6.61 Å². The summed E-state index contributed by atoms with van der Waals surface area (Å²) in [5.74, 6) is 0.